The van der Waals surface area contributed by atoms with Crippen molar-refractivity contribution in [3.8, 4) is 11.3 Å². The Kier molecular flexibility index (Phi) is 6.64. The van der Waals surface area contributed by atoms with Gasteiger partial charge in [0.25, 0.3) is 5.56 Å². The van der Waals surface area contributed by atoms with E-state index in [1.54, 1.807) is 31.2 Å². The number of hydrogen-bond acceptors (Lipinski definition) is 7. The first-order valence-electron chi connectivity index (χ1n) is 10.2. The smallest absolute Gasteiger partial charge is 0.297 e. The Morgan fingerprint density at radius 3 is 2.71 bits per heavy atom. The normalized spacial score (nSPS) is 14.8. The van der Waals surface area contributed by atoms with E-state index in [4.69, 9.17) is 20.9 Å². The standard InChI is InChI=1S/C21H24ClN5O4/c1-14-18-19(15-3-5-16(22)6-4-15)24-27(21(29)20(18)25-31-14)13-17(28)23-7-2-8-26-9-11-30-12-10-26/h3-6H,2,7-13H2,1H3,(H,23,28). The van der Waals surface area contributed by atoms with Crippen LogP contribution >= 0.6 is 11.6 Å². The number of nitrogens with one attached hydrogen (secondary N) is 1. The fourth-order valence-corrected chi connectivity index (χ4v) is 3.73. The van der Waals surface area contributed by atoms with E-state index in [9.17, 15) is 9.59 Å². The van der Waals surface area contributed by atoms with Crippen LogP contribution in [-0.2, 0) is 16.1 Å². The molecule has 1 aliphatic heterocycles. The second-order valence-corrected chi connectivity index (χ2v) is 7.87. The number of amides is 1. The SMILES string of the molecule is Cc1onc2c(=O)n(CC(=O)NCCCN3CCOCC3)nc(-c3ccc(Cl)cc3)c12. The van der Waals surface area contributed by atoms with Crippen LogP contribution in [0.25, 0.3) is 22.2 Å². The number of nitrogens with zero attached hydrogens (tertiary/aromatic N) is 4. The van der Waals surface area contributed by atoms with Crippen molar-refractivity contribution in [2.75, 3.05) is 39.4 Å². The molecule has 2 aromatic heterocycles. The minimum Gasteiger partial charge on any atom is -0.379 e. The summed E-state index contributed by atoms with van der Waals surface area (Å²) in [6.45, 7) is 6.28. The van der Waals surface area contributed by atoms with Gasteiger partial charge in [0.1, 0.15) is 18.0 Å². The van der Waals surface area contributed by atoms with Gasteiger partial charge in [-0.2, -0.15) is 5.10 Å². The first kappa shape index (κ1) is 21.5. The maximum Gasteiger partial charge on any atom is 0.297 e. The van der Waals surface area contributed by atoms with Crippen molar-refractivity contribution in [3.05, 3.63) is 45.4 Å². The molecule has 0 unspecified atom stereocenters. The summed E-state index contributed by atoms with van der Waals surface area (Å²) in [5.74, 6) is 0.211. The number of benzene rings is 1. The third-order valence-corrected chi connectivity index (χ3v) is 5.50. The predicted octanol–water partition coefficient (Wildman–Crippen LogP) is 1.85. The van der Waals surface area contributed by atoms with Crippen LogP contribution < -0.4 is 10.9 Å². The molecule has 0 atom stereocenters. The summed E-state index contributed by atoms with van der Waals surface area (Å²) in [6.07, 6.45) is 0.825. The number of aromatic nitrogens is 3. The second kappa shape index (κ2) is 9.59. The van der Waals surface area contributed by atoms with E-state index < -0.39 is 5.56 Å². The summed E-state index contributed by atoms with van der Waals surface area (Å²) in [5.41, 5.74) is 0.955. The molecular weight excluding hydrogens is 422 g/mol. The Bertz CT molecular complexity index is 1120. The van der Waals surface area contributed by atoms with E-state index in [1.165, 1.54) is 0 Å². The van der Waals surface area contributed by atoms with Crippen LogP contribution in [0.4, 0.5) is 0 Å². The van der Waals surface area contributed by atoms with Crippen molar-refractivity contribution in [1.29, 1.82) is 0 Å². The molecule has 10 heteroatoms. The van der Waals surface area contributed by atoms with E-state index in [1.807, 2.05) is 0 Å². The summed E-state index contributed by atoms with van der Waals surface area (Å²) in [7, 11) is 0. The molecule has 31 heavy (non-hydrogen) atoms. The number of ether oxygens (including phenoxy) is 1. The Labute approximate surface area is 183 Å². The Hall–Kier alpha value is -2.75. The van der Waals surface area contributed by atoms with Gasteiger partial charge in [-0.3, -0.25) is 14.5 Å². The van der Waals surface area contributed by atoms with Gasteiger partial charge in [-0.05, 0) is 32.0 Å². The van der Waals surface area contributed by atoms with Crippen molar-refractivity contribution < 1.29 is 14.1 Å². The molecule has 1 amide bonds. The number of halogens is 1. The highest BCUT2D eigenvalue weighted by Gasteiger charge is 2.20. The van der Waals surface area contributed by atoms with Crippen LogP contribution in [0.5, 0.6) is 0 Å². The number of morpholine rings is 1. The minimum absolute atomic E-state index is 0.151. The molecule has 0 bridgehead atoms. The largest absolute Gasteiger partial charge is 0.379 e. The Morgan fingerprint density at radius 2 is 1.97 bits per heavy atom. The van der Waals surface area contributed by atoms with Gasteiger partial charge in [-0.1, -0.05) is 28.9 Å². The molecule has 1 fully saturated rings. The minimum atomic E-state index is -0.465. The first-order valence-corrected chi connectivity index (χ1v) is 10.6. The van der Waals surface area contributed by atoms with Crippen LogP contribution in [0.2, 0.25) is 5.02 Å². The maximum absolute atomic E-state index is 12.8. The fraction of sp³-hybridized carbons (Fsp3) is 0.429. The molecule has 9 nitrogen and oxygen atoms in total. The Morgan fingerprint density at radius 1 is 1.23 bits per heavy atom. The molecular formula is C21H24ClN5O4. The quantitative estimate of drug-likeness (QED) is 0.553. The molecule has 1 N–H and O–H groups in total. The fourth-order valence-electron chi connectivity index (χ4n) is 3.60. The molecule has 3 heterocycles. The summed E-state index contributed by atoms with van der Waals surface area (Å²) in [4.78, 5) is 27.6. The molecule has 4 rings (SSSR count). The van der Waals surface area contributed by atoms with Gasteiger partial charge in [0, 0.05) is 30.2 Å². The van der Waals surface area contributed by atoms with Gasteiger partial charge < -0.3 is 14.6 Å². The molecule has 0 aliphatic carbocycles. The third kappa shape index (κ3) is 4.95. The molecule has 3 aromatic rings. The Balaban J connectivity index is 1.48. The van der Waals surface area contributed by atoms with Gasteiger partial charge >= 0.3 is 0 Å². The van der Waals surface area contributed by atoms with Crippen LogP contribution in [0.3, 0.4) is 0 Å². The zero-order valence-corrected chi connectivity index (χ0v) is 18.0. The molecule has 0 radical (unpaired) electrons. The number of carbonyl (C=O) groups excluding carboxylic acids is 1. The number of carbonyl (C=O) groups is 1. The number of hydrogen-bond donors (Lipinski definition) is 1. The van der Waals surface area contributed by atoms with E-state index in [2.05, 4.69) is 20.5 Å². The van der Waals surface area contributed by atoms with Gasteiger partial charge in [-0.25, -0.2) is 4.68 Å². The lowest BCUT2D eigenvalue weighted by Gasteiger charge is -2.26. The van der Waals surface area contributed by atoms with Crippen molar-refractivity contribution in [2.24, 2.45) is 0 Å². The lowest BCUT2D eigenvalue weighted by Crippen LogP contribution is -2.39. The molecule has 1 saturated heterocycles. The predicted molar refractivity (Wildman–Crippen MR) is 116 cm³/mol. The van der Waals surface area contributed by atoms with E-state index in [0.29, 0.717) is 28.4 Å². The van der Waals surface area contributed by atoms with Gasteiger partial charge in [0.15, 0.2) is 5.52 Å². The van der Waals surface area contributed by atoms with Crippen molar-refractivity contribution >= 4 is 28.4 Å². The zero-order chi connectivity index (χ0) is 21.8. The van der Waals surface area contributed by atoms with Gasteiger partial charge in [0.2, 0.25) is 5.91 Å². The first-order chi connectivity index (χ1) is 15.0. The maximum atomic E-state index is 12.8. The van der Waals surface area contributed by atoms with Crippen LogP contribution in [0.1, 0.15) is 12.2 Å². The van der Waals surface area contributed by atoms with Crippen molar-refractivity contribution in [1.82, 2.24) is 25.2 Å². The van der Waals surface area contributed by atoms with Crippen LogP contribution in [-0.4, -0.2) is 65.1 Å². The lowest BCUT2D eigenvalue weighted by atomic mass is 10.1. The molecule has 1 aliphatic rings. The highest BCUT2D eigenvalue weighted by atomic mass is 35.5. The van der Waals surface area contributed by atoms with E-state index in [0.717, 1.165) is 49.5 Å². The van der Waals surface area contributed by atoms with Crippen molar-refractivity contribution in [3.63, 3.8) is 0 Å². The summed E-state index contributed by atoms with van der Waals surface area (Å²) < 4.78 is 11.7. The lowest BCUT2D eigenvalue weighted by molar-refractivity contribution is -0.121. The summed E-state index contributed by atoms with van der Waals surface area (Å²) in [5, 5.41) is 12.3. The summed E-state index contributed by atoms with van der Waals surface area (Å²) in [6, 6.07) is 7.09. The van der Waals surface area contributed by atoms with Gasteiger partial charge in [-0.15, -0.1) is 0 Å². The molecule has 0 spiro atoms. The summed E-state index contributed by atoms with van der Waals surface area (Å²) >= 11 is 5.99. The topological polar surface area (TPSA) is 102 Å². The highest BCUT2D eigenvalue weighted by molar-refractivity contribution is 6.30. The third-order valence-electron chi connectivity index (χ3n) is 5.25. The molecule has 164 valence electrons. The zero-order valence-electron chi connectivity index (χ0n) is 17.3. The van der Waals surface area contributed by atoms with E-state index in [-0.39, 0.29) is 18.0 Å². The second-order valence-electron chi connectivity index (χ2n) is 7.44. The molecule has 1 aromatic carbocycles. The van der Waals surface area contributed by atoms with Crippen molar-refractivity contribution in [2.45, 2.75) is 19.9 Å². The van der Waals surface area contributed by atoms with Crippen LogP contribution in [0.15, 0.2) is 33.6 Å². The molecule has 0 saturated carbocycles. The average molecular weight is 446 g/mol. The average Bonchev–Trinajstić information content (AvgIpc) is 3.17. The number of fused-ring (bicyclic) bond motifs is 1. The van der Waals surface area contributed by atoms with Gasteiger partial charge in [0.05, 0.1) is 18.6 Å². The van der Waals surface area contributed by atoms with E-state index >= 15 is 0 Å². The number of aryl methyl sites for hydroxylation is 1. The monoisotopic (exact) mass is 445 g/mol. The highest BCUT2D eigenvalue weighted by Crippen LogP contribution is 2.28. The number of rotatable bonds is 7. The van der Waals surface area contributed by atoms with Crippen LogP contribution in [0, 0.1) is 6.92 Å².